The number of halogens is 4. The number of nitrogens with one attached hydrogen (secondary N) is 1. The number of hydrogen-bond acceptors (Lipinski definition) is 1. The predicted molar refractivity (Wildman–Crippen MR) is 73.1 cm³/mol. The Morgan fingerprint density at radius 3 is 2.60 bits per heavy atom. The standard InChI is InChI=1S/C14H9BrF3NO/c1-7-3-2-4-9(12(7)15)14(20)19-11-6-8(16)5-10(17)13(11)18/h2-6H,1H3,(H,19,20). The van der Waals surface area contributed by atoms with Crippen LogP contribution < -0.4 is 5.32 Å². The summed E-state index contributed by atoms with van der Waals surface area (Å²) >= 11 is 3.24. The normalized spacial score (nSPS) is 10.4. The first-order valence-corrected chi connectivity index (χ1v) is 6.40. The summed E-state index contributed by atoms with van der Waals surface area (Å²) in [6, 6.07) is 6.08. The SMILES string of the molecule is Cc1cccc(C(=O)Nc2cc(F)cc(F)c2F)c1Br. The second-order valence-corrected chi connectivity index (χ2v) is 4.93. The van der Waals surface area contributed by atoms with Gasteiger partial charge in [0.05, 0.1) is 11.3 Å². The third kappa shape index (κ3) is 2.85. The van der Waals surface area contributed by atoms with Crippen LogP contribution in [0.3, 0.4) is 0 Å². The first-order chi connectivity index (χ1) is 9.40. The molecule has 0 fully saturated rings. The molecule has 1 amide bonds. The van der Waals surface area contributed by atoms with Crippen LogP contribution in [0.1, 0.15) is 15.9 Å². The summed E-state index contributed by atoms with van der Waals surface area (Å²) in [6.07, 6.45) is 0. The van der Waals surface area contributed by atoms with Crippen molar-refractivity contribution in [2.75, 3.05) is 5.32 Å². The molecule has 0 saturated carbocycles. The zero-order valence-corrected chi connectivity index (χ0v) is 11.9. The maximum Gasteiger partial charge on any atom is 0.256 e. The van der Waals surface area contributed by atoms with Gasteiger partial charge in [0.15, 0.2) is 11.6 Å². The van der Waals surface area contributed by atoms with Crippen molar-refractivity contribution in [2.24, 2.45) is 0 Å². The number of hydrogen-bond donors (Lipinski definition) is 1. The van der Waals surface area contributed by atoms with Gasteiger partial charge in [0, 0.05) is 16.6 Å². The molecule has 0 heterocycles. The van der Waals surface area contributed by atoms with Crippen molar-refractivity contribution in [2.45, 2.75) is 6.92 Å². The van der Waals surface area contributed by atoms with Crippen LogP contribution in [0.2, 0.25) is 0 Å². The zero-order valence-electron chi connectivity index (χ0n) is 10.3. The quantitative estimate of drug-likeness (QED) is 0.803. The lowest BCUT2D eigenvalue weighted by Crippen LogP contribution is -2.14. The van der Waals surface area contributed by atoms with Crippen LogP contribution in [0.25, 0.3) is 0 Å². The molecule has 1 N–H and O–H groups in total. The molecule has 2 nitrogen and oxygen atoms in total. The molecule has 0 atom stereocenters. The summed E-state index contributed by atoms with van der Waals surface area (Å²) in [4.78, 5) is 12.0. The van der Waals surface area contributed by atoms with Gasteiger partial charge in [-0.25, -0.2) is 13.2 Å². The van der Waals surface area contributed by atoms with E-state index in [1.807, 2.05) is 0 Å². The lowest BCUT2D eigenvalue weighted by atomic mass is 10.1. The van der Waals surface area contributed by atoms with Crippen LogP contribution >= 0.6 is 15.9 Å². The maximum absolute atomic E-state index is 13.5. The van der Waals surface area contributed by atoms with Crippen molar-refractivity contribution in [1.29, 1.82) is 0 Å². The van der Waals surface area contributed by atoms with Crippen molar-refractivity contribution in [3.63, 3.8) is 0 Å². The fourth-order valence-corrected chi connectivity index (χ4v) is 2.10. The van der Waals surface area contributed by atoms with Crippen molar-refractivity contribution < 1.29 is 18.0 Å². The fraction of sp³-hybridized carbons (Fsp3) is 0.0714. The van der Waals surface area contributed by atoms with Gasteiger partial charge in [-0.05, 0) is 34.5 Å². The summed E-state index contributed by atoms with van der Waals surface area (Å²) in [5, 5.41) is 2.15. The highest BCUT2D eigenvalue weighted by atomic mass is 79.9. The number of amides is 1. The zero-order chi connectivity index (χ0) is 14.9. The van der Waals surface area contributed by atoms with Gasteiger partial charge >= 0.3 is 0 Å². The molecule has 6 heteroatoms. The van der Waals surface area contributed by atoms with Gasteiger partial charge in [-0.1, -0.05) is 12.1 Å². The van der Waals surface area contributed by atoms with Crippen molar-refractivity contribution in [1.82, 2.24) is 0 Å². The molecule has 20 heavy (non-hydrogen) atoms. The van der Waals surface area contributed by atoms with E-state index in [4.69, 9.17) is 0 Å². The van der Waals surface area contributed by atoms with E-state index >= 15 is 0 Å². The van der Waals surface area contributed by atoms with E-state index in [1.165, 1.54) is 6.07 Å². The molecule has 2 aromatic rings. The Balaban J connectivity index is 2.35. The Bertz CT molecular complexity index is 688. The van der Waals surface area contributed by atoms with Gasteiger partial charge in [-0.3, -0.25) is 4.79 Å². The van der Waals surface area contributed by atoms with E-state index in [-0.39, 0.29) is 5.56 Å². The number of carbonyl (C=O) groups excluding carboxylic acids is 1. The molecular formula is C14H9BrF3NO. The van der Waals surface area contributed by atoms with Gasteiger partial charge in [-0.2, -0.15) is 0 Å². The average Bonchev–Trinajstić information content (AvgIpc) is 2.38. The van der Waals surface area contributed by atoms with E-state index in [2.05, 4.69) is 21.2 Å². The van der Waals surface area contributed by atoms with E-state index in [0.29, 0.717) is 10.5 Å². The van der Waals surface area contributed by atoms with Gasteiger partial charge in [0.1, 0.15) is 5.82 Å². The molecule has 2 aromatic carbocycles. The van der Waals surface area contributed by atoms with E-state index in [9.17, 15) is 18.0 Å². The first-order valence-electron chi connectivity index (χ1n) is 5.61. The van der Waals surface area contributed by atoms with Crippen LogP contribution in [0.4, 0.5) is 18.9 Å². The molecule has 0 saturated heterocycles. The highest BCUT2D eigenvalue weighted by molar-refractivity contribution is 9.10. The minimum atomic E-state index is -1.36. The van der Waals surface area contributed by atoms with Crippen LogP contribution in [-0.4, -0.2) is 5.91 Å². The number of anilines is 1. The minimum Gasteiger partial charge on any atom is -0.319 e. The van der Waals surface area contributed by atoms with E-state index in [0.717, 1.165) is 11.6 Å². The third-order valence-electron chi connectivity index (χ3n) is 2.68. The Hall–Kier alpha value is -1.82. The van der Waals surface area contributed by atoms with Crippen LogP contribution in [0.5, 0.6) is 0 Å². The highest BCUT2D eigenvalue weighted by Gasteiger charge is 2.16. The van der Waals surface area contributed by atoms with Crippen LogP contribution in [0.15, 0.2) is 34.8 Å². The fourth-order valence-electron chi connectivity index (χ4n) is 1.66. The Labute approximate surface area is 121 Å². The summed E-state index contributed by atoms with van der Waals surface area (Å²) < 4.78 is 40.1. The Morgan fingerprint density at radius 1 is 1.20 bits per heavy atom. The van der Waals surface area contributed by atoms with Gasteiger partial charge in [0.25, 0.3) is 5.91 Å². The maximum atomic E-state index is 13.5. The van der Waals surface area contributed by atoms with Crippen molar-refractivity contribution in [3.05, 3.63) is 63.4 Å². The topological polar surface area (TPSA) is 29.1 Å². The van der Waals surface area contributed by atoms with Crippen LogP contribution in [-0.2, 0) is 0 Å². The number of carbonyl (C=O) groups is 1. The second-order valence-electron chi connectivity index (χ2n) is 4.14. The molecule has 0 aliphatic carbocycles. The molecule has 2 rings (SSSR count). The minimum absolute atomic E-state index is 0.245. The molecular weight excluding hydrogens is 335 g/mol. The molecule has 0 aliphatic heterocycles. The van der Waals surface area contributed by atoms with Gasteiger partial charge in [-0.15, -0.1) is 0 Å². The molecule has 0 spiro atoms. The monoisotopic (exact) mass is 343 g/mol. The van der Waals surface area contributed by atoms with Crippen molar-refractivity contribution >= 4 is 27.5 Å². The Kier molecular flexibility index (Phi) is 4.13. The lowest BCUT2D eigenvalue weighted by molar-refractivity contribution is 0.102. The summed E-state index contributed by atoms with van der Waals surface area (Å²) in [5.41, 5.74) is 0.513. The van der Waals surface area contributed by atoms with E-state index < -0.39 is 29.0 Å². The van der Waals surface area contributed by atoms with E-state index in [1.54, 1.807) is 19.1 Å². The second kappa shape index (κ2) is 5.66. The number of benzene rings is 2. The molecule has 0 unspecified atom stereocenters. The Morgan fingerprint density at radius 2 is 1.90 bits per heavy atom. The molecule has 0 aliphatic rings. The van der Waals surface area contributed by atoms with Crippen molar-refractivity contribution in [3.8, 4) is 0 Å². The summed E-state index contributed by atoms with van der Waals surface area (Å²) in [5.74, 6) is -4.29. The predicted octanol–water partition coefficient (Wildman–Crippen LogP) is 4.43. The smallest absolute Gasteiger partial charge is 0.256 e. The molecule has 104 valence electrons. The summed E-state index contributed by atoms with van der Waals surface area (Å²) in [6.45, 7) is 1.78. The first kappa shape index (κ1) is 14.6. The van der Waals surface area contributed by atoms with Gasteiger partial charge < -0.3 is 5.32 Å². The lowest BCUT2D eigenvalue weighted by Gasteiger charge is -2.09. The third-order valence-corrected chi connectivity index (χ3v) is 3.73. The number of rotatable bonds is 2. The largest absolute Gasteiger partial charge is 0.319 e. The molecule has 0 bridgehead atoms. The molecule has 0 aromatic heterocycles. The summed E-state index contributed by atoms with van der Waals surface area (Å²) in [7, 11) is 0. The number of aryl methyl sites for hydroxylation is 1. The molecule has 0 radical (unpaired) electrons. The van der Waals surface area contributed by atoms with Crippen LogP contribution in [0, 0.1) is 24.4 Å². The highest BCUT2D eigenvalue weighted by Crippen LogP contribution is 2.24. The average molecular weight is 344 g/mol. The van der Waals surface area contributed by atoms with Gasteiger partial charge in [0.2, 0.25) is 0 Å².